The van der Waals surface area contributed by atoms with Crippen LogP contribution in [0.4, 0.5) is 4.39 Å². The molecule has 0 heterocycles. The quantitative estimate of drug-likeness (QED) is 0.521. The number of aldehydes is 1. The van der Waals surface area contributed by atoms with Crippen molar-refractivity contribution in [2.45, 2.75) is 25.1 Å². The molecule has 0 fully saturated rings. The van der Waals surface area contributed by atoms with Gasteiger partial charge in [-0.2, -0.15) is 0 Å². The Hall–Kier alpha value is -0.480. The van der Waals surface area contributed by atoms with Crippen LogP contribution in [-0.2, 0) is 4.79 Å². The molecule has 0 bridgehead atoms. The van der Waals surface area contributed by atoms with E-state index in [1.165, 1.54) is 0 Å². The first kappa shape index (κ1) is 9.52. The molecule has 0 amide bonds. The van der Waals surface area contributed by atoms with Crippen LogP contribution < -0.4 is 11.5 Å². The van der Waals surface area contributed by atoms with Gasteiger partial charge in [0.15, 0.2) is 0 Å². The lowest BCUT2D eigenvalue weighted by Crippen LogP contribution is -2.24. The SMILES string of the molecule is NCC(F)CC[C@H](N)C=O. The van der Waals surface area contributed by atoms with Crippen molar-refractivity contribution in [2.75, 3.05) is 6.54 Å². The zero-order chi connectivity index (χ0) is 7.98. The molecule has 0 aliphatic rings. The van der Waals surface area contributed by atoms with E-state index in [0.717, 1.165) is 0 Å². The van der Waals surface area contributed by atoms with E-state index in [2.05, 4.69) is 0 Å². The Morgan fingerprint density at radius 2 is 2.10 bits per heavy atom. The number of carbonyl (C=O) groups is 1. The number of carbonyl (C=O) groups excluding carboxylic acids is 1. The molecule has 0 spiro atoms. The van der Waals surface area contributed by atoms with E-state index in [9.17, 15) is 9.18 Å². The predicted molar refractivity (Wildman–Crippen MR) is 37.2 cm³/mol. The minimum absolute atomic E-state index is 0.00553. The zero-order valence-corrected chi connectivity index (χ0v) is 5.79. The number of nitrogens with two attached hydrogens (primary N) is 2. The normalized spacial score (nSPS) is 16.3. The molecule has 2 atom stereocenters. The van der Waals surface area contributed by atoms with Crippen molar-refractivity contribution >= 4 is 6.29 Å². The fourth-order valence-corrected chi connectivity index (χ4v) is 0.559. The first-order chi connectivity index (χ1) is 4.70. The maximum Gasteiger partial charge on any atom is 0.136 e. The molecule has 4 N–H and O–H groups in total. The van der Waals surface area contributed by atoms with Gasteiger partial charge in [-0.25, -0.2) is 4.39 Å². The molecule has 0 aromatic rings. The summed E-state index contributed by atoms with van der Waals surface area (Å²) in [6.07, 6.45) is 0.243. The Morgan fingerprint density at radius 3 is 2.50 bits per heavy atom. The average molecular weight is 148 g/mol. The third kappa shape index (κ3) is 4.40. The molecule has 3 nitrogen and oxygen atoms in total. The van der Waals surface area contributed by atoms with Gasteiger partial charge in [-0.1, -0.05) is 0 Å². The first-order valence-corrected chi connectivity index (χ1v) is 3.25. The van der Waals surface area contributed by atoms with Crippen molar-refractivity contribution < 1.29 is 9.18 Å². The van der Waals surface area contributed by atoms with Crippen molar-refractivity contribution in [3.8, 4) is 0 Å². The van der Waals surface area contributed by atoms with Crippen molar-refractivity contribution in [1.29, 1.82) is 0 Å². The highest BCUT2D eigenvalue weighted by atomic mass is 19.1. The van der Waals surface area contributed by atoms with Crippen LogP contribution in [0.15, 0.2) is 0 Å². The van der Waals surface area contributed by atoms with Gasteiger partial charge in [-0.05, 0) is 12.8 Å². The fraction of sp³-hybridized carbons (Fsp3) is 0.833. The molecule has 0 saturated carbocycles. The van der Waals surface area contributed by atoms with Crippen LogP contribution >= 0.6 is 0 Å². The van der Waals surface area contributed by atoms with Crippen LogP contribution in [0.5, 0.6) is 0 Å². The Morgan fingerprint density at radius 1 is 1.50 bits per heavy atom. The third-order valence-electron chi connectivity index (χ3n) is 1.24. The van der Waals surface area contributed by atoms with Crippen LogP contribution in [0, 0.1) is 0 Å². The van der Waals surface area contributed by atoms with Crippen molar-refractivity contribution in [3.63, 3.8) is 0 Å². The summed E-state index contributed by atoms with van der Waals surface area (Å²) in [6, 6.07) is -0.537. The van der Waals surface area contributed by atoms with Gasteiger partial charge in [0.25, 0.3) is 0 Å². The van der Waals surface area contributed by atoms with Gasteiger partial charge in [0.2, 0.25) is 0 Å². The van der Waals surface area contributed by atoms with Gasteiger partial charge in [0.05, 0.1) is 6.04 Å². The predicted octanol–water partition coefficient (Wildman–Crippen LogP) is -0.410. The molecule has 1 unspecified atom stereocenters. The maximum atomic E-state index is 12.3. The number of hydrogen-bond acceptors (Lipinski definition) is 3. The van der Waals surface area contributed by atoms with Crippen LogP contribution in [0.25, 0.3) is 0 Å². The van der Waals surface area contributed by atoms with Crippen molar-refractivity contribution in [3.05, 3.63) is 0 Å². The highest BCUT2D eigenvalue weighted by Crippen LogP contribution is 2.00. The minimum atomic E-state index is -1.02. The van der Waals surface area contributed by atoms with Crippen LogP contribution in [0.2, 0.25) is 0 Å². The summed E-state index contributed by atoms with van der Waals surface area (Å²) >= 11 is 0. The monoisotopic (exact) mass is 148 g/mol. The molecular formula is C6H13FN2O. The summed E-state index contributed by atoms with van der Waals surface area (Å²) in [5.41, 5.74) is 10.2. The Kier molecular flexibility index (Phi) is 5.06. The second-order valence-corrected chi connectivity index (χ2v) is 2.21. The molecule has 0 rings (SSSR count). The van der Waals surface area contributed by atoms with Crippen LogP contribution in [0.3, 0.4) is 0 Å². The van der Waals surface area contributed by atoms with E-state index in [1.807, 2.05) is 0 Å². The highest BCUT2D eigenvalue weighted by Gasteiger charge is 2.06. The van der Waals surface area contributed by atoms with Crippen LogP contribution in [-0.4, -0.2) is 25.0 Å². The number of alkyl halides is 1. The van der Waals surface area contributed by atoms with Gasteiger partial charge in [0, 0.05) is 6.54 Å². The Labute approximate surface area is 59.6 Å². The van der Waals surface area contributed by atoms with Gasteiger partial charge in [-0.3, -0.25) is 0 Å². The lowest BCUT2D eigenvalue weighted by molar-refractivity contribution is -0.109. The van der Waals surface area contributed by atoms with E-state index in [1.54, 1.807) is 0 Å². The molecular weight excluding hydrogens is 135 g/mol. The van der Waals surface area contributed by atoms with Gasteiger partial charge < -0.3 is 16.3 Å². The number of hydrogen-bond donors (Lipinski definition) is 2. The Balaban J connectivity index is 3.25. The molecule has 60 valence electrons. The van der Waals surface area contributed by atoms with E-state index < -0.39 is 12.2 Å². The molecule has 0 saturated heterocycles. The van der Waals surface area contributed by atoms with Gasteiger partial charge in [-0.15, -0.1) is 0 Å². The van der Waals surface area contributed by atoms with Crippen LogP contribution in [0.1, 0.15) is 12.8 Å². The summed E-state index contributed by atoms with van der Waals surface area (Å²) < 4.78 is 12.3. The second kappa shape index (κ2) is 5.32. The van der Waals surface area contributed by atoms with E-state index in [0.29, 0.717) is 12.7 Å². The van der Waals surface area contributed by atoms with E-state index in [-0.39, 0.29) is 13.0 Å². The lowest BCUT2D eigenvalue weighted by Gasteiger charge is -2.05. The lowest BCUT2D eigenvalue weighted by atomic mass is 10.1. The smallest absolute Gasteiger partial charge is 0.136 e. The number of halogens is 1. The molecule has 10 heavy (non-hydrogen) atoms. The van der Waals surface area contributed by atoms with Gasteiger partial charge in [0.1, 0.15) is 12.5 Å². The minimum Gasteiger partial charge on any atom is -0.328 e. The van der Waals surface area contributed by atoms with E-state index >= 15 is 0 Å². The molecule has 0 aliphatic carbocycles. The highest BCUT2D eigenvalue weighted by molar-refractivity contribution is 5.56. The standard InChI is InChI=1S/C6H13FN2O/c7-5(3-8)1-2-6(9)4-10/h4-6H,1-3,8-9H2/t5?,6-/m0/s1. The zero-order valence-electron chi connectivity index (χ0n) is 5.79. The molecule has 4 heteroatoms. The van der Waals surface area contributed by atoms with Crippen molar-refractivity contribution in [2.24, 2.45) is 11.5 Å². The fourth-order valence-electron chi connectivity index (χ4n) is 0.559. The largest absolute Gasteiger partial charge is 0.328 e. The summed E-state index contributed by atoms with van der Waals surface area (Å²) in [5.74, 6) is 0. The molecule has 0 aromatic carbocycles. The average Bonchev–Trinajstić information content (AvgIpc) is 1.99. The third-order valence-corrected chi connectivity index (χ3v) is 1.24. The second-order valence-electron chi connectivity index (χ2n) is 2.21. The molecule has 0 aromatic heterocycles. The topological polar surface area (TPSA) is 69.1 Å². The Bertz CT molecular complexity index is 99.7. The summed E-state index contributed by atoms with van der Waals surface area (Å²) in [6.45, 7) is 0.00553. The van der Waals surface area contributed by atoms with E-state index in [4.69, 9.17) is 11.5 Å². The summed E-state index contributed by atoms with van der Waals surface area (Å²) in [7, 11) is 0. The maximum absolute atomic E-state index is 12.3. The first-order valence-electron chi connectivity index (χ1n) is 3.25. The van der Waals surface area contributed by atoms with Gasteiger partial charge >= 0.3 is 0 Å². The summed E-state index contributed by atoms with van der Waals surface area (Å²) in [5, 5.41) is 0. The molecule has 0 radical (unpaired) electrons. The number of rotatable bonds is 5. The molecule has 0 aliphatic heterocycles. The summed E-state index contributed by atoms with van der Waals surface area (Å²) in [4.78, 5) is 9.93. The van der Waals surface area contributed by atoms with Crippen molar-refractivity contribution in [1.82, 2.24) is 0 Å².